The van der Waals surface area contributed by atoms with E-state index in [9.17, 15) is 20.0 Å². The summed E-state index contributed by atoms with van der Waals surface area (Å²) in [6, 6.07) is 12.6. The van der Waals surface area contributed by atoms with Crippen LogP contribution in [-0.2, 0) is 20.7 Å². The van der Waals surface area contributed by atoms with Gasteiger partial charge >= 0.3 is 5.97 Å². The van der Waals surface area contributed by atoms with Crippen LogP contribution in [-0.4, -0.2) is 40.1 Å². The van der Waals surface area contributed by atoms with Gasteiger partial charge in [-0.25, -0.2) is 4.79 Å². The molecule has 2 atom stereocenters. The molecule has 2 N–H and O–H groups in total. The first-order valence-electron chi connectivity index (χ1n) is 9.14. The molecule has 0 bridgehead atoms. The van der Waals surface area contributed by atoms with Crippen LogP contribution in [0.25, 0.3) is 10.9 Å². The molecule has 1 unspecified atom stereocenters. The molecule has 0 radical (unpaired) electrons. The molecule has 8 nitrogen and oxygen atoms in total. The number of amides is 1. The number of carbonyl (C=O) groups is 2. The van der Waals surface area contributed by atoms with Crippen LogP contribution in [0, 0.1) is 5.21 Å². The van der Waals surface area contributed by atoms with E-state index in [1.54, 1.807) is 12.1 Å². The standard InChI is InChI=1S/C21H20N3O5/c1-12(25)23-18(21(26)29-2)11-16-15-8-3-4-9-17(15)22-19(16)20(23)13-6-5-7-14(10-13)24(27)28/h3-10,18,20,22,27H,11H2,1-2H3/q-1/t18-,20?/m0/s1. The van der Waals surface area contributed by atoms with Crippen molar-refractivity contribution in [2.75, 3.05) is 12.3 Å². The average Bonchev–Trinajstić information content (AvgIpc) is 3.10. The van der Waals surface area contributed by atoms with Gasteiger partial charge < -0.3 is 25.1 Å². The molecular formula is C21H20N3O5-. The fraction of sp³-hybridized carbons (Fsp3) is 0.238. The molecule has 2 aromatic carbocycles. The first-order chi connectivity index (χ1) is 13.9. The predicted octanol–water partition coefficient (Wildman–Crippen LogP) is 2.90. The summed E-state index contributed by atoms with van der Waals surface area (Å²) >= 11 is 0. The lowest BCUT2D eigenvalue weighted by molar-refractivity contribution is -0.154. The van der Waals surface area contributed by atoms with Gasteiger partial charge in [0.2, 0.25) is 5.91 Å². The van der Waals surface area contributed by atoms with Crippen LogP contribution in [0.2, 0.25) is 0 Å². The smallest absolute Gasteiger partial charge is 0.328 e. The van der Waals surface area contributed by atoms with Crippen LogP contribution < -0.4 is 5.23 Å². The fourth-order valence-electron chi connectivity index (χ4n) is 4.16. The Labute approximate surface area is 166 Å². The van der Waals surface area contributed by atoms with Crippen LogP contribution in [0.1, 0.15) is 29.8 Å². The van der Waals surface area contributed by atoms with Gasteiger partial charge in [-0.05, 0) is 29.3 Å². The van der Waals surface area contributed by atoms with Crippen molar-refractivity contribution in [3.8, 4) is 0 Å². The number of carbonyl (C=O) groups excluding carboxylic acids is 2. The fourth-order valence-corrected chi connectivity index (χ4v) is 4.16. The Balaban J connectivity index is 1.98. The Hall–Kier alpha value is -3.36. The van der Waals surface area contributed by atoms with Crippen LogP contribution in [0.15, 0.2) is 48.5 Å². The number of H-pyrrole nitrogens is 1. The number of aromatic amines is 1. The third-order valence-electron chi connectivity index (χ3n) is 5.38. The number of esters is 1. The first-order valence-corrected chi connectivity index (χ1v) is 9.14. The van der Waals surface area contributed by atoms with Gasteiger partial charge in [-0.1, -0.05) is 30.3 Å². The molecule has 0 aliphatic carbocycles. The maximum atomic E-state index is 12.6. The molecule has 150 valence electrons. The van der Waals surface area contributed by atoms with Gasteiger partial charge in [0.1, 0.15) is 6.04 Å². The van der Waals surface area contributed by atoms with Gasteiger partial charge in [-0.15, -0.1) is 0 Å². The number of methoxy groups -OCH3 is 1. The van der Waals surface area contributed by atoms with Crippen LogP contribution in [0.4, 0.5) is 5.69 Å². The van der Waals surface area contributed by atoms with Gasteiger partial charge in [0, 0.05) is 29.9 Å². The molecule has 0 spiro atoms. The molecule has 0 saturated heterocycles. The number of ether oxygens (including phenoxy) is 1. The minimum absolute atomic E-state index is 0.0313. The van der Waals surface area contributed by atoms with Crippen molar-refractivity contribution < 1.29 is 19.5 Å². The van der Waals surface area contributed by atoms with E-state index in [-0.39, 0.29) is 16.8 Å². The van der Waals surface area contributed by atoms with Crippen molar-refractivity contribution in [3.05, 3.63) is 70.6 Å². The van der Waals surface area contributed by atoms with Gasteiger partial charge in [0.25, 0.3) is 0 Å². The maximum Gasteiger partial charge on any atom is 0.328 e. The molecule has 1 aliphatic heterocycles. The highest BCUT2D eigenvalue weighted by atomic mass is 16.8. The number of anilines is 1. The molecule has 3 aromatic rings. The summed E-state index contributed by atoms with van der Waals surface area (Å²) in [6.07, 6.45) is 0.315. The molecule has 2 heterocycles. The maximum absolute atomic E-state index is 12.6. The van der Waals surface area contributed by atoms with Crippen molar-refractivity contribution in [2.24, 2.45) is 0 Å². The van der Waals surface area contributed by atoms with Crippen LogP contribution >= 0.6 is 0 Å². The lowest BCUT2D eigenvalue weighted by Gasteiger charge is -2.40. The zero-order valence-electron chi connectivity index (χ0n) is 16.0. The molecule has 0 saturated carbocycles. The van der Waals surface area contributed by atoms with Gasteiger partial charge in [-0.3, -0.25) is 10.0 Å². The monoisotopic (exact) mass is 394 g/mol. The Morgan fingerprint density at radius 2 is 2.00 bits per heavy atom. The summed E-state index contributed by atoms with van der Waals surface area (Å²) in [4.78, 5) is 30.1. The number of aromatic nitrogens is 1. The minimum Gasteiger partial charge on any atom is -0.733 e. The Morgan fingerprint density at radius 1 is 1.24 bits per heavy atom. The predicted molar refractivity (Wildman–Crippen MR) is 106 cm³/mol. The second-order valence-corrected chi connectivity index (χ2v) is 7.00. The number of benzene rings is 2. The summed E-state index contributed by atoms with van der Waals surface area (Å²) in [5, 5.41) is 21.5. The number of nitrogens with one attached hydrogen (secondary N) is 1. The Morgan fingerprint density at radius 3 is 2.69 bits per heavy atom. The van der Waals surface area contributed by atoms with Crippen molar-refractivity contribution in [1.29, 1.82) is 0 Å². The van der Waals surface area contributed by atoms with Crippen molar-refractivity contribution in [2.45, 2.75) is 25.4 Å². The summed E-state index contributed by atoms with van der Waals surface area (Å²) in [6.45, 7) is 1.40. The number of rotatable bonds is 3. The summed E-state index contributed by atoms with van der Waals surface area (Å²) < 4.78 is 4.98. The number of fused-ring (bicyclic) bond motifs is 3. The largest absolute Gasteiger partial charge is 0.733 e. The van der Waals surface area contributed by atoms with Crippen LogP contribution in [0.5, 0.6) is 0 Å². The Kier molecular flexibility index (Phi) is 4.73. The van der Waals surface area contributed by atoms with Gasteiger partial charge in [0.05, 0.1) is 18.8 Å². The Bertz CT molecular complexity index is 1090. The number of hydrogen-bond acceptors (Lipinski definition) is 6. The molecule has 29 heavy (non-hydrogen) atoms. The summed E-state index contributed by atoms with van der Waals surface area (Å²) in [7, 11) is 1.29. The van der Waals surface area contributed by atoms with E-state index in [0.29, 0.717) is 12.0 Å². The highest BCUT2D eigenvalue weighted by molar-refractivity contribution is 5.90. The topological polar surface area (TPSA) is 109 Å². The second-order valence-electron chi connectivity index (χ2n) is 7.00. The number of para-hydroxylation sites is 1. The van der Waals surface area contributed by atoms with E-state index in [2.05, 4.69) is 4.98 Å². The molecule has 0 fully saturated rings. The molecule has 1 aromatic heterocycles. The molecule has 1 aliphatic rings. The number of nitrogens with zero attached hydrogens (tertiary/aromatic N) is 2. The van der Waals surface area contributed by atoms with E-state index >= 15 is 0 Å². The lowest BCUT2D eigenvalue weighted by atomic mass is 9.87. The summed E-state index contributed by atoms with van der Waals surface area (Å²) in [5.41, 5.74) is 3.21. The lowest BCUT2D eigenvalue weighted by Crippen LogP contribution is -2.51. The number of hydrogen-bond donors (Lipinski definition) is 2. The normalized spacial score (nSPS) is 18.4. The van der Waals surface area contributed by atoms with E-state index in [1.165, 1.54) is 31.1 Å². The second kappa shape index (κ2) is 7.23. The highest BCUT2D eigenvalue weighted by Gasteiger charge is 2.42. The van der Waals surface area contributed by atoms with Crippen molar-refractivity contribution in [1.82, 2.24) is 9.88 Å². The van der Waals surface area contributed by atoms with Gasteiger partial charge in [0.15, 0.2) is 0 Å². The quantitative estimate of drug-likeness (QED) is 0.522. The first kappa shape index (κ1) is 19.0. The molecule has 1 amide bonds. The highest BCUT2D eigenvalue weighted by Crippen LogP contribution is 2.41. The third-order valence-corrected chi connectivity index (χ3v) is 5.38. The van der Waals surface area contributed by atoms with E-state index < -0.39 is 18.1 Å². The van der Waals surface area contributed by atoms with E-state index in [1.807, 2.05) is 24.3 Å². The zero-order valence-corrected chi connectivity index (χ0v) is 16.0. The SMILES string of the molecule is COC(=O)[C@@H]1Cc2c([nH]c3ccccc23)C(c2cccc(N([O-])O)c2)N1C(C)=O. The molecule has 8 heteroatoms. The summed E-state index contributed by atoms with van der Waals surface area (Å²) in [5.74, 6) is -0.812. The van der Waals surface area contributed by atoms with Gasteiger partial charge in [-0.2, -0.15) is 0 Å². The minimum atomic E-state index is -0.810. The van der Waals surface area contributed by atoms with E-state index in [4.69, 9.17) is 4.74 Å². The van der Waals surface area contributed by atoms with Crippen molar-refractivity contribution >= 4 is 28.5 Å². The average molecular weight is 394 g/mol. The van der Waals surface area contributed by atoms with Crippen molar-refractivity contribution in [3.63, 3.8) is 0 Å². The molecular weight excluding hydrogens is 374 g/mol. The molecule has 4 rings (SSSR count). The third kappa shape index (κ3) is 3.12. The van der Waals surface area contributed by atoms with Crippen LogP contribution in [0.3, 0.4) is 0 Å². The zero-order chi connectivity index (χ0) is 20.7. The van der Waals surface area contributed by atoms with E-state index in [0.717, 1.165) is 22.2 Å².